The highest BCUT2D eigenvalue weighted by Gasteiger charge is 2.33. The highest BCUT2D eigenvalue weighted by molar-refractivity contribution is 5.90. The van der Waals surface area contributed by atoms with E-state index >= 15 is 0 Å². The third-order valence-electron chi connectivity index (χ3n) is 4.47. The Balaban J connectivity index is 1.82. The van der Waals surface area contributed by atoms with Crippen LogP contribution < -0.4 is 10.2 Å². The van der Waals surface area contributed by atoms with Crippen molar-refractivity contribution in [2.45, 2.75) is 44.8 Å². The largest absolute Gasteiger partial charge is 0.442 e. The minimum Gasteiger partial charge on any atom is -0.442 e. The van der Waals surface area contributed by atoms with Crippen molar-refractivity contribution in [1.82, 2.24) is 5.32 Å². The molecule has 1 heterocycles. The van der Waals surface area contributed by atoms with Crippen LogP contribution in [0.3, 0.4) is 0 Å². The van der Waals surface area contributed by atoms with Crippen molar-refractivity contribution in [2.75, 3.05) is 18.0 Å². The molecule has 1 saturated heterocycles. The van der Waals surface area contributed by atoms with E-state index in [9.17, 15) is 19.1 Å². The van der Waals surface area contributed by atoms with Crippen LogP contribution in [0.15, 0.2) is 12.1 Å². The highest BCUT2D eigenvalue weighted by Crippen LogP contribution is 2.34. The summed E-state index contributed by atoms with van der Waals surface area (Å²) < 4.78 is 19.7. The van der Waals surface area contributed by atoms with Crippen LogP contribution in [0.2, 0.25) is 0 Å². The predicted octanol–water partition coefficient (Wildman–Crippen LogP) is 2.05. The number of halogens is 1. The van der Waals surface area contributed by atoms with E-state index in [1.165, 1.54) is 17.9 Å². The quantitative estimate of drug-likeness (QED) is 0.828. The Bertz CT molecular complexity index is 664. The number of aryl methyl sites for hydroxylation is 1. The molecule has 2 N–H and O–H groups in total. The molecule has 3 rings (SSSR count). The zero-order valence-electron chi connectivity index (χ0n) is 13.5. The molecule has 7 heteroatoms. The number of nitrogens with zero attached hydrogens (tertiary/aromatic N) is 1. The first-order chi connectivity index (χ1) is 11.5. The molecule has 1 aromatic rings. The van der Waals surface area contributed by atoms with Gasteiger partial charge in [-0.05, 0) is 37.0 Å². The average molecular weight is 336 g/mol. The van der Waals surface area contributed by atoms with Crippen molar-refractivity contribution in [3.05, 3.63) is 29.1 Å². The van der Waals surface area contributed by atoms with Gasteiger partial charge in [0.05, 0.1) is 24.9 Å². The number of ether oxygens (including phenoxy) is 1. The lowest BCUT2D eigenvalue weighted by Crippen LogP contribution is -2.33. The summed E-state index contributed by atoms with van der Waals surface area (Å²) in [5, 5.41) is 12.7. The van der Waals surface area contributed by atoms with E-state index in [2.05, 4.69) is 5.32 Å². The number of nitrogens with one attached hydrogen (secondary N) is 1. The molecule has 0 saturated carbocycles. The normalized spacial score (nSPS) is 23.5. The molecule has 0 bridgehead atoms. The van der Waals surface area contributed by atoms with Crippen molar-refractivity contribution in [1.29, 1.82) is 0 Å². The lowest BCUT2D eigenvalue weighted by Gasteiger charge is -2.18. The number of cyclic esters (lactones) is 1. The summed E-state index contributed by atoms with van der Waals surface area (Å²) in [7, 11) is 0. The maximum Gasteiger partial charge on any atom is 0.414 e. The van der Waals surface area contributed by atoms with Crippen LogP contribution in [0.1, 0.15) is 43.4 Å². The van der Waals surface area contributed by atoms with Crippen LogP contribution in [0, 0.1) is 5.82 Å². The minimum absolute atomic E-state index is 0.199. The van der Waals surface area contributed by atoms with Crippen LogP contribution in [-0.2, 0) is 16.0 Å². The van der Waals surface area contributed by atoms with Gasteiger partial charge in [-0.25, -0.2) is 9.18 Å². The molecule has 0 spiro atoms. The summed E-state index contributed by atoms with van der Waals surface area (Å²) >= 11 is 0. The standard InChI is InChI=1S/C17H21FN2O4/c1-10(21)19-8-13-9-20(17(23)24-13)12-6-11-4-2-3-5-15(22)16(11)14(18)7-12/h6-7,13,15,22H,2-5,8-9H2,1H3,(H,19,21)/t13-,15+/m0/s1. The first kappa shape index (κ1) is 16.7. The van der Waals surface area contributed by atoms with Gasteiger partial charge in [-0.2, -0.15) is 0 Å². The Morgan fingerprint density at radius 3 is 3.00 bits per heavy atom. The number of aliphatic hydroxyl groups is 1. The number of rotatable bonds is 3. The Labute approximate surface area is 139 Å². The first-order valence-corrected chi connectivity index (χ1v) is 8.18. The fourth-order valence-electron chi connectivity index (χ4n) is 3.29. The molecule has 130 valence electrons. The molecule has 0 aromatic heterocycles. The molecule has 24 heavy (non-hydrogen) atoms. The molecular weight excluding hydrogens is 315 g/mol. The molecule has 1 aromatic carbocycles. The van der Waals surface area contributed by atoms with E-state index < -0.39 is 24.1 Å². The second-order valence-electron chi connectivity index (χ2n) is 6.32. The fraction of sp³-hybridized carbons (Fsp3) is 0.529. The fourth-order valence-corrected chi connectivity index (χ4v) is 3.29. The predicted molar refractivity (Wildman–Crippen MR) is 85.2 cm³/mol. The average Bonchev–Trinajstić information content (AvgIpc) is 2.78. The van der Waals surface area contributed by atoms with Crippen LogP contribution in [0.25, 0.3) is 0 Å². The molecule has 6 nitrogen and oxygen atoms in total. The van der Waals surface area contributed by atoms with Crippen LogP contribution >= 0.6 is 0 Å². The van der Waals surface area contributed by atoms with Crippen molar-refractivity contribution in [3.8, 4) is 0 Å². The van der Waals surface area contributed by atoms with Crippen LogP contribution in [0.4, 0.5) is 14.9 Å². The van der Waals surface area contributed by atoms with Gasteiger partial charge in [0, 0.05) is 12.5 Å². The number of carbonyl (C=O) groups is 2. The number of benzene rings is 1. The number of aliphatic hydroxyl groups excluding tert-OH is 1. The summed E-state index contributed by atoms with van der Waals surface area (Å²) in [5.74, 6) is -0.690. The van der Waals surface area contributed by atoms with Crippen molar-refractivity contribution < 1.29 is 23.8 Å². The highest BCUT2D eigenvalue weighted by atomic mass is 19.1. The van der Waals surface area contributed by atoms with Crippen molar-refractivity contribution >= 4 is 17.7 Å². The Morgan fingerprint density at radius 1 is 1.46 bits per heavy atom. The van der Waals surface area contributed by atoms with Gasteiger partial charge in [-0.15, -0.1) is 0 Å². The lowest BCUT2D eigenvalue weighted by molar-refractivity contribution is -0.119. The number of fused-ring (bicyclic) bond motifs is 1. The number of hydrogen-bond acceptors (Lipinski definition) is 4. The van der Waals surface area contributed by atoms with E-state index in [0.717, 1.165) is 18.4 Å². The van der Waals surface area contributed by atoms with Gasteiger partial charge in [0.1, 0.15) is 11.9 Å². The van der Waals surface area contributed by atoms with E-state index in [1.807, 2.05) is 0 Å². The Kier molecular flexibility index (Phi) is 4.71. The van der Waals surface area contributed by atoms with E-state index in [1.54, 1.807) is 6.07 Å². The van der Waals surface area contributed by atoms with Crippen molar-refractivity contribution in [3.63, 3.8) is 0 Å². The Hall–Kier alpha value is -2.15. The molecule has 2 amide bonds. The van der Waals surface area contributed by atoms with E-state index in [-0.39, 0.29) is 19.0 Å². The number of anilines is 1. The van der Waals surface area contributed by atoms with Gasteiger partial charge in [0.25, 0.3) is 0 Å². The number of carbonyl (C=O) groups excluding carboxylic acids is 2. The summed E-state index contributed by atoms with van der Waals surface area (Å²) in [6, 6.07) is 3.03. The topological polar surface area (TPSA) is 78.9 Å². The van der Waals surface area contributed by atoms with Gasteiger partial charge in [0.15, 0.2) is 0 Å². The maximum atomic E-state index is 14.5. The summed E-state index contributed by atoms with van der Waals surface area (Å²) in [4.78, 5) is 24.4. The van der Waals surface area contributed by atoms with Crippen LogP contribution in [-0.4, -0.2) is 36.3 Å². The molecule has 0 radical (unpaired) electrons. The van der Waals surface area contributed by atoms with Crippen molar-refractivity contribution in [2.24, 2.45) is 0 Å². The zero-order chi connectivity index (χ0) is 17.3. The SMILES string of the molecule is CC(=O)NC[C@H]1CN(c2cc(F)c3c(c2)CCCC[C@H]3O)C(=O)O1. The monoisotopic (exact) mass is 336 g/mol. The molecule has 1 aliphatic heterocycles. The maximum absolute atomic E-state index is 14.5. The summed E-state index contributed by atoms with van der Waals surface area (Å²) in [6.45, 7) is 1.87. The van der Waals surface area contributed by atoms with E-state index in [4.69, 9.17) is 4.74 Å². The third kappa shape index (κ3) is 3.36. The molecule has 2 atom stereocenters. The van der Waals surface area contributed by atoms with Gasteiger partial charge in [-0.1, -0.05) is 6.42 Å². The smallest absolute Gasteiger partial charge is 0.414 e. The van der Waals surface area contributed by atoms with Gasteiger partial charge in [0.2, 0.25) is 5.91 Å². The zero-order valence-corrected chi connectivity index (χ0v) is 13.5. The summed E-state index contributed by atoms with van der Waals surface area (Å²) in [6.07, 6.45) is 1.13. The molecule has 1 fully saturated rings. The first-order valence-electron chi connectivity index (χ1n) is 8.18. The second-order valence-corrected chi connectivity index (χ2v) is 6.32. The lowest BCUT2D eigenvalue weighted by atomic mass is 9.99. The molecular formula is C17H21FN2O4. The molecule has 1 aliphatic carbocycles. The molecule has 2 aliphatic rings. The minimum atomic E-state index is -0.797. The van der Waals surface area contributed by atoms with Gasteiger partial charge < -0.3 is 15.2 Å². The van der Waals surface area contributed by atoms with Gasteiger partial charge in [-0.3, -0.25) is 9.69 Å². The number of amides is 2. The number of hydrogen-bond donors (Lipinski definition) is 2. The Morgan fingerprint density at radius 2 is 2.25 bits per heavy atom. The van der Waals surface area contributed by atoms with E-state index in [0.29, 0.717) is 24.1 Å². The second kappa shape index (κ2) is 6.76. The van der Waals surface area contributed by atoms with Gasteiger partial charge >= 0.3 is 6.09 Å². The third-order valence-corrected chi connectivity index (χ3v) is 4.47. The molecule has 0 unspecified atom stereocenters. The van der Waals surface area contributed by atoms with Crippen LogP contribution in [0.5, 0.6) is 0 Å². The summed E-state index contributed by atoms with van der Waals surface area (Å²) in [5.41, 5.74) is 1.52.